The van der Waals surface area contributed by atoms with E-state index in [9.17, 15) is 0 Å². The number of nitrogens with zero attached hydrogens (tertiary/aromatic N) is 3. The highest BCUT2D eigenvalue weighted by Crippen LogP contribution is 2.31. The number of rotatable bonds is 3. The van der Waals surface area contributed by atoms with Crippen LogP contribution in [-0.4, -0.2) is 34.9 Å². The summed E-state index contributed by atoms with van der Waals surface area (Å²) in [4.78, 5) is 7.13. The highest BCUT2D eigenvalue weighted by Gasteiger charge is 2.17. The van der Waals surface area contributed by atoms with Gasteiger partial charge in [-0.1, -0.05) is 6.07 Å². The number of hydrogen-bond donors (Lipinski definition) is 1. The van der Waals surface area contributed by atoms with E-state index in [4.69, 9.17) is 4.98 Å². The molecule has 0 radical (unpaired) electrons. The van der Waals surface area contributed by atoms with Crippen LogP contribution in [0.15, 0.2) is 36.5 Å². The topological polar surface area (TPSA) is 32.6 Å². The molecule has 1 N–H and O–H groups in total. The van der Waals surface area contributed by atoms with Crippen LogP contribution in [-0.2, 0) is 13.0 Å². The Hall–Kier alpha value is -2.33. The van der Waals surface area contributed by atoms with E-state index in [1.54, 1.807) is 0 Å². The Morgan fingerprint density at radius 2 is 2.09 bits per heavy atom. The van der Waals surface area contributed by atoms with Gasteiger partial charge in [-0.3, -0.25) is 0 Å². The normalized spacial score (nSPS) is 13.6. The van der Waals surface area contributed by atoms with E-state index >= 15 is 0 Å². The summed E-state index contributed by atoms with van der Waals surface area (Å²) >= 11 is 0. The van der Waals surface area contributed by atoms with Crippen molar-refractivity contribution in [2.24, 2.45) is 0 Å². The van der Waals surface area contributed by atoms with Crippen molar-refractivity contribution in [1.82, 2.24) is 14.3 Å². The van der Waals surface area contributed by atoms with Crippen molar-refractivity contribution < 1.29 is 0 Å². The van der Waals surface area contributed by atoms with Gasteiger partial charge in [0, 0.05) is 30.5 Å². The number of nitrogens with one attached hydrogen (secondary N) is 1. The highest BCUT2D eigenvalue weighted by atomic mass is 15.1. The summed E-state index contributed by atoms with van der Waals surface area (Å²) in [5, 5.41) is 3.43. The Kier molecular flexibility index (Phi) is 3.34. The van der Waals surface area contributed by atoms with Crippen LogP contribution in [0.2, 0.25) is 0 Å². The van der Waals surface area contributed by atoms with Crippen LogP contribution in [0, 0.1) is 6.92 Å². The first kappa shape index (κ1) is 14.3. The summed E-state index contributed by atoms with van der Waals surface area (Å²) in [7, 11) is 4.20. The molecule has 4 heteroatoms. The summed E-state index contributed by atoms with van der Waals surface area (Å²) in [5.41, 5.74) is 8.48. The van der Waals surface area contributed by atoms with Crippen LogP contribution in [0.3, 0.4) is 0 Å². The fourth-order valence-corrected chi connectivity index (χ4v) is 3.33. The van der Waals surface area contributed by atoms with Crippen LogP contribution in [0.4, 0.5) is 5.69 Å². The number of imidazole rings is 1. The minimum atomic E-state index is 0.870. The van der Waals surface area contributed by atoms with E-state index in [1.807, 2.05) is 0 Å². The number of pyridine rings is 1. The average Bonchev–Trinajstić information content (AvgIpc) is 3.10. The maximum atomic E-state index is 4.94. The molecule has 0 bridgehead atoms. The van der Waals surface area contributed by atoms with E-state index in [1.165, 1.54) is 28.1 Å². The summed E-state index contributed by atoms with van der Waals surface area (Å²) < 4.78 is 2.22. The number of benzene rings is 1. The fraction of sp³-hybridized carbons (Fsp3) is 0.316. The molecule has 23 heavy (non-hydrogen) atoms. The smallest absolute Gasteiger partial charge is 0.137 e. The molecule has 1 aliphatic heterocycles. The van der Waals surface area contributed by atoms with Gasteiger partial charge in [0.25, 0.3) is 0 Å². The number of aryl methyl sites for hydroxylation is 1. The van der Waals surface area contributed by atoms with Crippen LogP contribution < -0.4 is 5.32 Å². The Balaban J connectivity index is 1.91. The quantitative estimate of drug-likeness (QED) is 0.805. The standard InChI is InChI=1S/C19H22N4/c1-13-7-9-23-17(12-22(2)3)19(21-18(23)10-13)15-4-5-16-14(11-15)6-8-20-16/h4-5,7,9-11,20H,6,8,12H2,1-3H3. The predicted octanol–water partition coefficient (Wildman–Crippen LogP) is 3.34. The second kappa shape index (κ2) is 5.39. The van der Waals surface area contributed by atoms with Crippen molar-refractivity contribution in [2.75, 3.05) is 26.0 Å². The second-order valence-electron chi connectivity index (χ2n) is 6.63. The number of fused-ring (bicyclic) bond motifs is 2. The molecule has 3 aromatic rings. The van der Waals surface area contributed by atoms with Gasteiger partial charge in [-0.2, -0.15) is 0 Å². The second-order valence-corrected chi connectivity index (χ2v) is 6.63. The van der Waals surface area contributed by atoms with Gasteiger partial charge in [0.15, 0.2) is 0 Å². The van der Waals surface area contributed by atoms with Crippen LogP contribution >= 0.6 is 0 Å². The largest absolute Gasteiger partial charge is 0.384 e. The van der Waals surface area contributed by atoms with Crippen LogP contribution in [0.1, 0.15) is 16.8 Å². The van der Waals surface area contributed by atoms with Gasteiger partial charge >= 0.3 is 0 Å². The fourth-order valence-electron chi connectivity index (χ4n) is 3.33. The van der Waals surface area contributed by atoms with Crippen molar-refractivity contribution in [2.45, 2.75) is 19.9 Å². The average molecular weight is 306 g/mol. The van der Waals surface area contributed by atoms with Gasteiger partial charge in [-0.25, -0.2) is 4.98 Å². The molecule has 1 aromatic carbocycles. The Bertz CT molecular complexity index is 876. The van der Waals surface area contributed by atoms with Gasteiger partial charge in [-0.05, 0) is 62.8 Å². The molecule has 0 fully saturated rings. The molecule has 118 valence electrons. The zero-order chi connectivity index (χ0) is 16.0. The molecule has 0 spiro atoms. The lowest BCUT2D eigenvalue weighted by atomic mass is 10.0. The molecule has 0 aliphatic carbocycles. The maximum absolute atomic E-state index is 4.94. The third-order valence-corrected chi connectivity index (χ3v) is 4.44. The van der Waals surface area contributed by atoms with Crippen LogP contribution in [0.25, 0.3) is 16.9 Å². The first-order valence-electron chi connectivity index (χ1n) is 8.11. The summed E-state index contributed by atoms with van der Waals surface area (Å²) in [6.07, 6.45) is 3.23. The summed E-state index contributed by atoms with van der Waals surface area (Å²) in [6, 6.07) is 11.0. The minimum Gasteiger partial charge on any atom is -0.384 e. The summed E-state index contributed by atoms with van der Waals surface area (Å²) in [6.45, 7) is 4.02. The van der Waals surface area contributed by atoms with E-state index in [-0.39, 0.29) is 0 Å². The third-order valence-electron chi connectivity index (χ3n) is 4.44. The molecule has 0 unspecified atom stereocenters. The highest BCUT2D eigenvalue weighted by molar-refractivity contribution is 5.71. The maximum Gasteiger partial charge on any atom is 0.137 e. The van der Waals surface area contributed by atoms with E-state index in [0.717, 1.165) is 30.9 Å². The van der Waals surface area contributed by atoms with E-state index in [0.29, 0.717) is 0 Å². The number of anilines is 1. The minimum absolute atomic E-state index is 0.870. The molecule has 0 saturated heterocycles. The zero-order valence-electron chi connectivity index (χ0n) is 13.9. The van der Waals surface area contributed by atoms with Crippen molar-refractivity contribution in [3.05, 3.63) is 53.3 Å². The van der Waals surface area contributed by atoms with Crippen molar-refractivity contribution in [3.8, 4) is 11.3 Å². The third kappa shape index (κ3) is 2.49. The van der Waals surface area contributed by atoms with Gasteiger partial charge in [0.2, 0.25) is 0 Å². The summed E-state index contributed by atoms with van der Waals surface area (Å²) in [5.74, 6) is 0. The SMILES string of the molecule is Cc1ccn2c(CN(C)C)c(-c3ccc4c(c3)CCN4)nc2c1. The van der Waals surface area contributed by atoms with E-state index < -0.39 is 0 Å². The Labute approximate surface area is 136 Å². The van der Waals surface area contributed by atoms with Gasteiger partial charge in [0.05, 0.1) is 11.4 Å². The van der Waals surface area contributed by atoms with Crippen molar-refractivity contribution in [1.29, 1.82) is 0 Å². The Morgan fingerprint density at radius 3 is 2.91 bits per heavy atom. The molecule has 3 heterocycles. The van der Waals surface area contributed by atoms with Gasteiger partial charge in [0.1, 0.15) is 5.65 Å². The van der Waals surface area contributed by atoms with Gasteiger partial charge < -0.3 is 14.6 Å². The first-order chi connectivity index (χ1) is 11.1. The molecule has 0 atom stereocenters. The molecular weight excluding hydrogens is 284 g/mol. The predicted molar refractivity (Wildman–Crippen MR) is 94.9 cm³/mol. The number of hydrogen-bond acceptors (Lipinski definition) is 3. The van der Waals surface area contributed by atoms with Crippen molar-refractivity contribution >= 4 is 11.3 Å². The number of aromatic nitrogens is 2. The lowest BCUT2D eigenvalue weighted by molar-refractivity contribution is 0.396. The first-order valence-corrected chi connectivity index (χ1v) is 8.11. The Morgan fingerprint density at radius 1 is 1.22 bits per heavy atom. The van der Waals surface area contributed by atoms with Crippen LogP contribution in [0.5, 0.6) is 0 Å². The van der Waals surface area contributed by atoms with Crippen molar-refractivity contribution in [3.63, 3.8) is 0 Å². The molecule has 2 aromatic heterocycles. The monoisotopic (exact) mass is 306 g/mol. The lowest BCUT2D eigenvalue weighted by Crippen LogP contribution is -2.13. The molecule has 4 nitrogen and oxygen atoms in total. The van der Waals surface area contributed by atoms with E-state index in [2.05, 4.69) is 72.2 Å². The lowest BCUT2D eigenvalue weighted by Gasteiger charge is -2.12. The molecule has 0 saturated carbocycles. The molecule has 0 amide bonds. The zero-order valence-corrected chi connectivity index (χ0v) is 13.9. The molecule has 4 rings (SSSR count). The molecular formula is C19H22N4. The molecule has 1 aliphatic rings. The van der Waals surface area contributed by atoms with Gasteiger partial charge in [-0.15, -0.1) is 0 Å².